The Bertz CT molecular complexity index is 3580. The van der Waals surface area contributed by atoms with E-state index in [1.165, 1.54) is 111 Å². The summed E-state index contributed by atoms with van der Waals surface area (Å²) in [6.45, 7) is 21.1. The summed E-state index contributed by atoms with van der Waals surface area (Å²) in [4.78, 5) is 0. The van der Waals surface area contributed by atoms with E-state index in [4.69, 9.17) is 0 Å². The van der Waals surface area contributed by atoms with Gasteiger partial charge < -0.3 is 0 Å². The molecular weight excluding hydrogens is 961 g/mol. The van der Waals surface area contributed by atoms with E-state index < -0.39 is 0 Å². The van der Waals surface area contributed by atoms with Crippen LogP contribution in [0.2, 0.25) is 0 Å². The van der Waals surface area contributed by atoms with E-state index in [2.05, 4.69) is 354 Å². The molecule has 0 radical (unpaired) electrons. The second-order valence-electron chi connectivity index (χ2n) is 20.4. The third-order valence-electron chi connectivity index (χ3n) is 13.5. The van der Waals surface area contributed by atoms with Gasteiger partial charge >= 0.3 is 0 Å². The SMILES string of the molecule is Cc1ccc(-c2cccc3ccccc23)cc1.Cc1ccc(-c2ccccc2)cc1.Cc1ccc(C)cc1.Cc1cccc(-c2ccccc2)c1.Cc1cccc(C)c1.Cc1ccccc1-c1ccccc1.Cc1ccccc1C. The van der Waals surface area contributed by atoms with Crippen molar-refractivity contribution in [2.45, 2.75) is 69.2 Å². The van der Waals surface area contributed by atoms with Crippen molar-refractivity contribution >= 4 is 10.8 Å². The zero-order valence-electron chi connectivity index (χ0n) is 48.9. The van der Waals surface area contributed by atoms with E-state index in [1.807, 2.05) is 18.2 Å². The number of fused-ring (bicyclic) bond motifs is 1. The van der Waals surface area contributed by atoms with Gasteiger partial charge in [0.25, 0.3) is 0 Å². The quantitative estimate of drug-likeness (QED) is 0.165. The Balaban J connectivity index is 0.000000153. The zero-order valence-corrected chi connectivity index (χ0v) is 48.9. The second-order valence-corrected chi connectivity index (χ2v) is 20.4. The van der Waals surface area contributed by atoms with E-state index in [1.54, 1.807) is 0 Å². The topological polar surface area (TPSA) is 0 Å². The fraction of sp³-hybridized carbons (Fsp3) is 0.125. The van der Waals surface area contributed by atoms with Crippen LogP contribution >= 0.6 is 0 Å². The number of hydrogen-bond donors (Lipinski definition) is 0. The Kier molecular flexibility index (Phi) is 24.5. The average molecular weight is 1040 g/mol. The molecule has 12 rings (SSSR count). The van der Waals surface area contributed by atoms with Crippen LogP contribution < -0.4 is 0 Å². The molecule has 0 unspecified atom stereocenters. The van der Waals surface area contributed by atoms with E-state index in [0.29, 0.717) is 0 Å². The standard InChI is InChI=1S/C17H14.3C13H12.3C8H10/c1-13-9-11-15(12-10-13)17-8-4-6-14-5-2-3-7-16(14)17;1-11-7-5-6-10-13(11)12-8-3-2-4-9-12;1-11-6-5-9-13(10-11)12-7-3-2-4-8-12;1-11-7-9-13(10-8-11)12-5-3-2-4-6-12;1-7-3-5-8(2)6-4-7;1-7-4-3-5-8(2)6-7;1-7-5-3-4-6-8(7)2/h2-12H,1H3;3*2-10H,1H3;3*3-6H,1-2H3. The van der Waals surface area contributed by atoms with Gasteiger partial charge in [-0.1, -0.05) is 342 Å². The predicted octanol–water partition coefficient (Wildman–Crippen LogP) is 22.7. The van der Waals surface area contributed by atoms with Crippen LogP contribution in [0.5, 0.6) is 0 Å². The first-order chi connectivity index (χ1) is 38.8. The van der Waals surface area contributed by atoms with Crippen LogP contribution in [0, 0.1) is 69.2 Å². The third kappa shape index (κ3) is 20.7. The van der Waals surface area contributed by atoms with E-state index in [0.717, 1.165) is 0 Å². The third-order valence-corrected chi connectivity index (χ3v) is 13.5. The summed E-state index contributed by atoms with van der Waals surface area (Å²) < 4.78 is 0. The van der Waals surface area contributed by atoms with Gasteiger partial charge in [0.1, 0.15) is 0 Å². The molecule has 0 nitrogen and oxygen atoms in total. The van der Waals surface area contributed by atoms with Gasteiger partial charge in [0.05, 0.1) is 0 Å². The van der Waals surface area contributed by atoms with Crippen LogP contribution in [-0.2, 0) is 0 Å². The summed E-state index contributed by atoms with van der Waals surface area (Å²) in [5.41, 5.74) is 23.7. The van der Waals surface area contributed by atoms with Crippen molar-refractivity contribution in [3.05, 3.63) is 359 Å². The summed E-state index contributed by atoms with van der Waals surface area (Å²) in [6.07, 6.45) is 0. The molecule has 0 aliphatic carbocycles. The molecule has 0 aromatic heterocycles. The summed E-state index contributed by atoms with van der Waals surface area (Å²) in [5.74, 6) is 0. The molecule has 0 aliphatic heterocycles. The van der Waals surface area contributed by atoms with Crippen molar-refractivity contribution < 1.29 is 0 Å². The van der Waals surface area contributed by atoms with Gasteiger partial charge in [0, 0.05) is 0 Å². The van der Waals surface area contributed by atoms with Crippen LogP contribution in [0.4, 0.5) is 0 Å². The normalized spacial score (nSPS) is 9.88. The molecule has 0 heterocycles. The number of aryl methyl sites for hydroxylation is 10. The lowest BCUT2D eigenvalue weighted by Gasteiger charge is -2.07. The van der Waals surface area contributed by atoms with Gasteiger partial charge in [-0.3, -0.25) is 0 Å². The first-order valence-corrected chi connectivity index (χ1v) is 27.8. The molecule has 0 atom stereocenters. The summed E-state index contributed by atoms with van der Waals surface area (Å²) in [5, 5.41) is 2.62. The first-order valence-electron chi connectivity index (χ1n) is 27.8. The molecular formula is C80H80. The Morgan fingerprint density at radius 3 is 0.912 bits per heavy atom. The fourth-order valence-electron chi connectivity index (χ4n) is 8.66. The number of hydrogen-bond acceptors (Lipinski definition) is 0. The molecule has 12 aromatic rings. The maximum Gasteiger partial charge on any atom is -0.0105 e. The Labute approximate surface area is 480 Å². The zero-order chi connectivity index (χ0) is 56.9. The molecule has 12 aromatic carbocycles. The number of benzene rings is 12. The van der Waals surface area contributed by atoms with E-state index in [9.17, 15) is 0 Å². The average Bonchev–Trinajstić information content (AvgIpc) is 3.50. The highest BCUT2D eigenvalue weighted by molar-refractivity contribution is 5.96. The second kappa shape index (κ2) is 32.6. The highest BCUT2D eigenvalue weighted by atomic mass is 14.1. The van der Waals surface area contributed by atoms with Crippen LogP contribution in [0.1, 0.15) is 55.6 Å². The maximum atomic E-state index is 2.20. The van der Waals surface area contributed by atoms with Crippen molar-refractivity contribution in [3.63, 3.8) is 0 Å². The molecule has 0 N–H and O–H groups in total. The molecule has 0 heteroatoms. The van der Waals surface area contributed by atoms with Crippen LogP contribution in [0.3, 0.4) is 0 Å². The van der Waals surface area contributed by atoms with Crippen LogP contribution in [0.15, 0.2) is 303 Å². The van der Waals surface area contributed by atoms with Crippen LogP contribution in [0.25, 0.3) is 55.3 Å². The molecule has 80 heavy (non-hydrogen) atoms. The van der Waals surface area contributed by atoms with Crippen molar-refractivity contribution in [2.24, 2.45) is 0 Å². The summed E-state index contributed by atoms with van der Waals surface area (Å²) >= 11 is 0. The monoisotopic (exact) mass is 1040 g/mol. The fourth-order valence-corrected chi connectivity index (χ4v) is 8.66. The van der Waals surface area contributed by atoms with Gasteiger partial charge in [0.2, 0.25) is 0 Å². The van der Waals surface area contributed by atoms with Gasteiger partial charge in [-0.15, -0.1) is 0 Å². The minimum absolute atomic E-state index is 1.28. The van der Waals surface area contributed by atoms with Crippen molar-refractivity contribution in [1.29, 1.82) is 0 Å². The highest BCUT2D eigenvalue weighted by Gasteiger charge is 2.03. The largest absolute Gasteiger partial charge is 0.0622 e. The Hall–Kier alpha value is -9.10. The number of rotatable bonds is 4. The van der Waals surface area contributed by atoms with Gasteiger partial charge in [-0.05, 0) is 141 Å². The lowest BCUT2D eigenvalue weighted by atomic mass is 9.98. The van der Waals surface area contributed by atoms with Gasteiger partial charge in [-0.25, -0.2) is 0 Å². The van der Waals surface area contributed by atoms with Gasteiger partial charge in [0.15, 0.2) is 0 Å². The smallest absolute Gasteiger partial charge is 0.0105 e. The minimum atomic E-state index is 1.28. The Morgan fingerprint density at radius 2 is 0.463 bits per heavy atom. The molecule has 0 bridgehead atoms. The van der Waals surface area contributed by atoms with E-state index in [-0.39, 0.29) is 0 Å². The molecule has 0 amide bonds. The maximum absolute atomic E-state index is 2.20. The van der Waals surface area contributed by atoms with E-state index >= 15 is 0 Å². The molecule has 0 saturated carbocycles. The minimum Gasteiger partial charge on any atom is -0.0622 e. The predicted molar refractivity (Wildman–Crippen MR) is 352 cm³/mol. The molecule has 400 valence electrons. The summed E-state index contributed by atoms with van der Waals surface area (Å²) in [7, 11) is 0. The van der Waals surface area contributed by atoms with Crippen molar-refractivity contribution in [2.75, 3.05) is 0 Å². The molecule has 0 spiro atoms. The summed E-state index contributed by atoms with van der Waals surface area (Å²) in [6, 6.07) is 106. The van der Waals surface area contributed by atoms with Crippen molar-refractivity contribution in [3.8, 4) is 44.5 Å². The molecule has 0 saturated heterocycles. The highest BCUT2D eigenvalue weighted by Crippen LogP contribution is 2.29. The van der Waals surface area contributed by atoms with Crippen molar-refractivity contribution in [1.82, 2.24) is 0 Å². The molecule has 0 fully saturated rings. The molecule has 0 aliphatic rings. The van der Waals surface area contributed by atoms with Gasteiger partial charge in [-0.2, -0.15) is 0 Å². The first kappa shape index (κ1) is 60.1. The van der Waals surface area contributed by atoms with Crippen LogP contribution in [-0.4, -0.2) is 0 Å². The lowest BCUT2D eigenvalue weighted by Crippen LogP contribution is -1.81. The Morgan fingerprint density at radius 1 is 0.163 bits per heavy atom. The lowest BCUT2D eigenvalue weighted by molar-refractivity contribution is 1.34.